The molecule has 5 atom stereocenters. The Bertz CT molecular complexity index is 782. The van der Waals surface area contributed by atoms with Crippen molar-refractivity contribution in [2.75, 3.05) is 6.54 Å². The highest BCUT2D eigenvalue weighted by molar-refractivity contribution is 5.72. The second-order valence-corrected chi connectivity index (χ2v) is 7.15. The molecule has 1 aliphatic rings. The van der Waals surface area contributed by atoms with Crippen LogP contribution in [0.2, 0.25) is 0 Å². The van der Waals surface area contributed by atoms with Crippen LogP contribution in [0.25, 0.3) is 0 Å². The van der Waals surface area contributed by atoms with Gasteiger partial charge in [-0.25, -0.2) is 0 Å². The van der Waals surface area contributed by atoms with Crippen molar-refractivity contribution in [2.45, 2.75) is 51.2 Å². The molecule has 1 amide bonds. The molecule has 2 aromatic carbocycles. The van der Waals surface area contributed by atoms with Crippen LogP contribution in [-0.4, -0.2) is 53.4 Å². The van der Waals surface area contributed by atoms with Gasteiger partial charge in [-0.2, -0.15) is 0 Å². The van der Waals surface area contributed by atoms with Crippen LogP contribution >= 0.6 is 0 Å². The van der Waals surface area contributed by atoms with E-state index in [2.05, 4.69) is 5.32 Å². The predicted molar refractivity (Wildman–Crippen MR) is 106 cm³/mol. The lowest BCUT2D eigenvalue weighted by atomic mass is 9.97. The number of benzene rings is 2. The zero-order valence-corrected chi connectivity index (χ0v) is 16.5. The Kier molecular flexibility index (Phi) is 7.22. The number of aliphatic hydroxyl groups is 2. The molecule has 1 saturated heterocycles. The van der Waals surface area contributed by atoms with Crippen molar-refractivity contribution in [3.8, 4) is 5.75 Å². The first-order chi connectivity index (χ1) is 13.9. The van der Waals surface area contributed by atoms with Crippen molar-refractivity contribution in [1.29, 1.82) is 0 Å². The minimum atomic E-state index is -1.45. The third-order valence-corrected chi connectivity index (χ3v) is 4.76. The van der Waals surface area contributed by atoms with Crippen molar-refractivity contribution in [1.82, 2.24) is 5.32 Å². The highest BCUT2D eigenvalue weighted by atomic mass is 16.7. The zero-order chi connectivity index (χ0) is 20.8. The summed E-state index contributed by atoms with van der Waals surface area (Å²) in [5, 5.41) is 23.4. The van der Waals surface area contributed by atoms with Gasteiger partial charge in [-0.05, 0) is 24.6 Å². The van der Waals surface area contributed by atoms with Gasteiger partial charge < -0.3 is 29.7 Å². The van der Waals surface area contributed by atoms with Crippen molar-refractivity contribution in [2.24, 2.45) is 0 Å². The summed E-state index contributed by atoms with van der Waals surface area (Å²) in [5.41, 5.74) is 2.01. The molecule has 2 aromatic rings. The van der Waals surface area contributed by atoms with E-state index in [1.165, 1.54) is 6.92 Å². The van der Waals surface area contributed by atoms with Crippen LogP contribution in [0, 0.1) is 6.92 Å². The third-order valence-electron chi connectivity index (χ3n) is 4.76. The summed E-state index contributed by atoms with van der Waals surface area (Å²) >= 11 is 0. The van der Waals surface area contributed by atoms with Gasteiger partial charge >= 0.3 is 0 Å². The lowest BCUT2D eigenvalue weighted by Gasteiger charge is -2.42. The van der Waals surface area contributed by atoms with Crippen LogP contribution in [-0.2, 0) is 20.9 Å². The molecule has 0 unspecified atom stereocenters. The van der Waals surface area contributed by atoms with Crippen LogP contribution < -0.4 is 10.1 Å². The number of rotatable bonds is 7. The van der Waals surface area contributed by atoms with E-state index in [-0.39, 0.29) is 19.1 Å². The van der Waals surface area contributed by atoms with Crippen LogP contribution in [0.3, 0.4) is 0 Å². The Morgan fingerprint density at radius 1 is 1.07 bits per heavy atom. The fraction of sp³-hybridized carbons (Fsp3) is 0.409. The molecular formula is C22H27NO6. The van der Waals surface area contributed by atoms with E-state index >= 15 is 0 Å². The lowest BCUT2D eigenvalue weighted by Crippen LogP contribution is -2.62. The highest BCUT2D eigenvalue weighted by Gasteiger charge is 2.47. The monoisotopic (exact) mass is 401 g/mol. The molecule has 3 N–H and O–H groups in total. The summed E-state index contributed by atoms with van der Waals surface area (Å²) in [6.45, 7) is 3.71. The number of nitrogens with one attached hydrogen (secondary N) is 1. The SMILES string of the molecule is CC(=O)NC[C@H]1O[C@@H](O)[C@@H](O)[C@@H](OCc2ccccc2)[C@@H]1Oc1ccc(C)cc1. The normalized spacial score (nSPS) is 26.7. The van der Waals surface area contributed by atoms with Crippen molar-refractivity contribution >= 4 is 5.91 Å². The average molecular weight is 401 g/mol. The molecule has 0 spiro atoms. The molecule has 7 nitrogen and oxygen atoms in total. The van der Waals surface area contributed by atoms with Crippen LogP contribution in [0.1, 0.15) is 18.1 Å². The molecular weight excluding hydrogens is 374 g/mol. The second kappa shape index (κ2) is 9.84. The Morgan fingerprint density at radius 3 is 2.41 bits per heavy atom. The minimum absolute atomic E-state index is 0.112. The first-order valence-electron chi connectivity index (χ1n) is 9.59. The Hall–Kier alpha value is -2.45. The number of hydrogen-bond acceptors (Lipinski definition) is 6. The molecule has 0 radical (unpaired) electrons. The largest absolute Gasteiger partial charge is 0.485 e. The molecule has 3 rings (SSSR count). The number of carbonyl (C=O) groups excluding carboxylic acids is 1. The minimum Gasteiger partial charge on any atom is -0.485 e. The van der Waals surface area contributed by atoms with Gasteiger partial charge in [0, 0.05) is 13.5 Å². The number of ether oxygens (including phenoxy) is 3. The molecule has 0 aromatic heterocycles. The third kappa shape index (κ3) is 5.77. The second-order valence-electron chi connectivity index (χ2n) is 7.15. The predicted octanol–water partition coefficient (Wildman–Crippen LogP) is 1.54. The van der Waals surface area contributed by atoms with Gasteiger partial charge in [0.2, 0.25) is 5.91 Å². The van der Waals surface area contributed by atoms with Gasteiger partial charge in [0.15, 0.2) is 12.4 Å². The lowest BCUT2D eigenvalue weighted by molar-refractivity contribution is -0.285. The fourth-order valence-electron chi connectivity index (χ4n) is 3.19. The number of carbonyl (C=O) groups is 1. The molecule has 0 saturated carbocycles. The quantitative estimate of drug-likeness (QED) is 0.651. The molecule has 1 aliphatic heterocycles. The zero-order valence-electron chi connectivity index (χ0n) is 16.5. The Morgan fingerprint density at radius 2 is 1.76 bits per heavy atom. The molecule has 7 heteroatoms. The van der Waals surface area contributed by atoms with E-state index in [4.69, 9.17) is 14.2 Å². The molecule has 29 heavy (non-hydrogen) atoms. The van der Waals surface area contributed by atoms with Crippen molar-refractivity contribution in [3.63, 3.8) is 0 Å². The van der Waals surface area contributed by atoms with E-state index in [1.807, 2.05) is 61.5 Å². The Balaban J connectivity index is 1.81. The first kappa shape index (κ1) is 21.3. The number of amides is 1. The maximum Gasteiger partial charge on any atom is 0.216 e. The average Bonchev–Trinajstić information content (AvgIpc) is 2.71. The number of aliphatic hydroxyl groups excluding tert-OH is 2. The topological polar surface area (TPSA) is 97.3 Å². The summed E-state index contributed by atoms with van der Waals surface area (Å²) in [5.74, 6) is 0.346. The maximum atomic E-state index is 11.4. The standard InChI is InChI=1S/C22H27NO6/c1-14-8-10-17(11-9-14)28-20-18(12-23-15(2)24)29-22(26)19(25)21(20)27-13-16-6-4-3-5-7-16/h3-11,18-22,25-26H,12-13H2,1-2H3,(H,23,24)/t18-,19+,20-,21-,22-/m1/s1. The highest BCUT2D eigenvalue weighted by Crippen LogP contribution is 2.27. The fourth-order valence-corrected chi connectivity index (χ4v) is 3.19. The van der Waals surface area contributed by atoms with E-state index < -0.39 is 30.7 Å². The smallest absolute Gasteiger partial charge is 0.216 e. The van der Waals surface area contributed by atoms with Gasteiger partial charge in [0.25, 0.3) is 0 Å². The van der Waals surface area contributed by atoms with Gasteiger partial charge in [-0.1, -0.05) is 48.0 Å². The summed E-state index contributed by atoms with van der Waals surface area (Å²) < 4.78 is 17.6. The van der Waals surface area contributed by atoms with E-state index in [9.17, 15) is 15.0 Å². The number of aryl methyl sites for hydroxylation is 1. The van der Waals surface area contributed by atoms with E-state index in [0.717, 1.165) is 11.1 Å². The van der Waals surface area contributed by atoms with Gasteiger partial charge in [-0.3, -0.25) is 4.79 Å². The summed E-state index contributed by atoms with van der Waals surface area (Å²) in [6.07, 6.45) is -5.07. The molecule has 0 bridgehead atoms. The van der Waals surface area contributed by atoms with Crippen LogP contribution in [0.5, 0.6) is 5.75 Å². The maximum absolute atomic E-state index is 11.4. The molecule has 156 valence electrons. The van der Waals surface area contributed by atoms with E-state index in [1.54, 1.807) is 0 Å². The van der Waals surface area contributed by atoms with Gasteiger partial charge in [0.1, 0.15) is 24.1 Å². The van der Waals surface area contributed by atoms with Crippen LogP contribution in [0.4, 0.5) is 0 Å². The van der Waals surface area contributed by atoms with Crippen molar-refractivity contribution < 1.29 is 29.2 Å². The summed E-state index contributed by atoms with van der Waals surface area (Å²) in [4.78, 5) is 11.4. The van der Waals surface area contributed by atoms with Gasteiger partial charge in [-0.15, -0.1) is 0 Å². The van der Waals surface area contributed by atoms with E-state index in [0.29, 0.717) is 5.75 Å². The summed E-state index contributed by atoms with van der Waals surface area (Å²) in [6, 6.07) is 17.0. The number of hydrogen-bond donors (Lipinski definition) is 3. The molecule has 0 aliphatic carbocycles. The summed E-state index contributed by atoms with van der Waals surface area (Å²) in [7, 11) is 0. The molecule has 1 heterocycles. The van der Waals surface area contributed by atoms with Gasteiger partial charge in [0.05, 0.1) is 6.61 Å². The van der Waals surface area contributed by atoms with Crippen molar-refractivity contribution in [3.05, 3.63) is 65.7 Å². The first-order valence-corrected chi connectivity index (χ1v) is 9.59. The molecule has 1 fully saturated rings. The Labute approximate surface area is 170 Å². The van der Waals surface area contributed by atoms with Crippen LogP contribution in [0.15, 0.2) is 54.6 Å².